The van der Waals surface area contributed by atoms with Crippen LogP contribution in [0.3, 0.4) is 0 Å². The Kier molecular flexibility index (Phi) is 2.23. The van der Waals surface area contributed by atoms with E-state index < -0.39 is 0 Å². The van der Waals surface area contributed by atoms with E-state index in [9.17, 15) is 9.90 Å². The SMILES string of the molecule is C[C@@]12CC[C@@H]3C[C@@]31[C@@H](O)C[C@H]1[C@H]2CC[C@]2(C)C(=O)CC[C@H]12. The minimum atomic E-state index is -0.0886. The van der Waals surface area contributed by atoms with Gasteiger partial charge in [-0.3, -0.25) is 4.79 Å². The predicted molar refractivity (Wildman–Crippen MR) is 80.6 cm³/mol. The third-order valence-electron chi connectivity index (χ3n) is 9.28. The van der Waals surface area contributed by atoms with Crippen LogP contribution in [0.1, 0.15) is 65.2 Å². The van der Waals surface area contributed by atoms with Crippen molar-refractivity contribution >= 4 is 5.78 Å². The number of ketones is 1. The van der Waals surface area contributed by atoms with E-state index in [1.807, 2.05) is 0 Å². The molecule has 116 valence electrons. The molecule has 5 rings (SSSR count). The molecule has 0 aliphatic heterocycles. The molecule has 2 heteroatoms. The molecule has 0 unspecified atom stereocenters. The molecule has 21 heavy (non-hydrogen) atoms. The molecule has 5 saturated carbocycles. The number of aliphatic hydroxyl groups excluding tert-OH is 1. The van der Waals surface area contributed by atoms with Crippen LogP contribution in [-0.4, -0.2) is 17.0 Å². The number of fused-ring (bicyclic) bond motifs is 4. The second-order valence-electron chi connectivity index (χ2n) is 9.44. The molecule has 2 nitrogen and oxygen atoms in total. The van der Waals surface area contributed by atoms with Crippen molar-refractivity contribution in [3.05, 3.63) is 0 Å². The molecular weight excluding hydrogens is 260 g/mol. The molecule has 0 bridgehead atoms. The van der Waals surface area contributed by atoms with E-state index in [1.165, 1.54) is 25.7 Å². The van der Waals surface area contributed by atoms with E-state index in [2.05, 4.69) is 13.8 Å². The third kappa shape index (κ3) is 1.22. The lowest BCUT2D eigenvalue weighted by Gasteiger charge is -2.59. The molecule has 5 fully saturated rings. The van der Waals surface area contributed by atoms with Gasteiger partial charge in [0.15, 0.2) is 0 Å². The molecule has 0 amide bonds. The summed E-state index contributed by atoms with van der Waals surface area (Å²) in [6.07, 6.45) is 9.10. The van der Waals surface area contributed by atoms with Gasteiger partial charge in [-0.15, -0.1) is 0 Å². The number of hydrogen-bond donors (Lipinski definition) is 1. The van der Waals surface area contributed by atoms with Gasteiger partial charge in [-0.05, 0) is 74.0 Å². The summed E-state index contributed by atoms with van der Waals surface area (Å²) in [4.78, 5) is 12.4. The van der Waals surface area contributed by atoms with Gasteiger partial charge < -0.3 is 5.11 Å². The summed E-state index contributed by atoms with van der Waals surface area (Å²) in [7, 11) is 0. The first-order valence-corrected chi connectivity index (χ1v) is 9.15. The maximum Gasteiger partial charge on any atom is 0.139 e. The van der Waals surface area contributed by atoms with Gasteiger partial charge >= 0.3 is 0 Å². The van der Waals surface area contributed by atoms with Crippen LogP contribution in [0, 0.1) is 39.9 Å². The topological polar surface area (TPSA) is 37.3 Å². The van der Waals surface area contributed by atoms with Gasteiger partial charge in [0.1, 0.15) is 5.78 Å². The molecule has 1 spiro atoms. The molecular formula is C19H28O2. The lowest BCUT2D eigenvalue weighted by molar-refractivity contribution is -0.154. The zero-order valence-corrected chi connectivity index (χ0v) is 13.4. The van der Waals surface area contributed by atoms with E-state index in [4.69, 9.17) is 0 Å². The van der Waals surface area contributed by atoms with Crippen LogP contribution in [0.2, 0.25) is 0 Å². The first-order chi connectivity index (χ1) is 9.93. The summed E-state index contributed by atoms with van der Waals surface area (Å²) < 4.78 is 0. The van der Waals surface area contributed by atoms with E-state index in [-0.39, 0.29) is 16.9 Å². The Morgan fingerprint density at radius 3 is 2.67 bits per heavy atom. The summed E-state index contributed by atoms with van der Waals surface area (Å²) in [6.45, 7) is 4.73. The predicted octanol–water partition coefficient (Wildman–Crippen LogP) is 3.57. The quantitative estimate of drug-likeness (QED) is 0.740. The number of carbonyl (C=O) groups is 1. The number of Topliss-reactive ketones (excluding diaryl/α,β-unsaturated/α-hetero) is 1. The Balaban J connectivity index is 1.57. The second-order valence-corrected chi connectivity index (χ2v) is 9.44. The zero-order chi connectivity index (χ0) is 14.6. The van der Waals surface area contributed by atoms with Gasteiger partial charge in [-0.1, -0.05) is 13.8 Å². The van der Waals surface area contributed by atoms with E-state index >= 15 is 0 Å². The molecule has 0 heterocycles. The van der Waals surface area contributed by atoms with Gasteiger partial charge in [0.2, 0.25) is 0 Å². The highest BCUT2D eigenvalue weighted by Crippen LogP contribution is 2.81. The highest BCUT2D eigenvalue weighted by molar-refractivity contribution is 5.87. The van der Waals surface area contributed by atoms with Crippen molar-refractivity contribution in [1.29, 1.82) is 0 Å². The monoisotopic (exact) mass is 288 g/mol. The Morgan fingerprint density at radius 2 is 1.90 bits per heavy atom. The Hall–Kier alpha value is -0.370. The van der Waals surface area contributed by atoms with Crippen LogP contribution in [0.5, 0.6) is 0 Å². The summed E-state index contributed by atoms with van der Waals surface area (Å²) in [5, 5.41) is 11.0. The van der Waals surface area contributed by atoms with Crippen molar-refractivity contribution < 1.29 is 9.90 Å². The first-order valence-electron chi connectivity index (χ1n) is 9.15. The molecule has 0 saturated heterocycles. The van der Waals surface area contributed by atoms with E-state index in [0.717, 1.165) is 37.5 Å². The van der Waals surface area contributed by atoms with Gasteiger partial charge in [0.25, 0.3) is 0 Å². The van der Waals surface area contributed by atoms with Crippen molar-refractivity contribution in [3.63, 3.8) is 0 Å². The third-order valence-corrected chi connectivity index (χ3v) is 9.28. The molecule has 8 atom stereocenters. The van der Waals surface area contributed by atoms with Crippen molar-refractivity contribution in [2.24, 2.45) is 39.9 Å². The standard InChI is InChI=1S/C19H28O2/c1-17-7-6-14-12(13(17)3-4-15(17)20)9-16(21)19-10-11(19)5-8-18(14,19)2/h11-14,16,21H,3-10H2,1-2H3/t11-,12-,13-,14-,16+,17+,18+,19+/m1/s1. The molecule has 1 N–H and O–H groups in total. The molecule has 0 radical (unpaired) electrons. The van der Waals surface area contributed by atoms with Crippen molar-refractivity contribution in [2.45, 2.75) is 71.3 Å². The molecule has 0 aromatic heterocycles. The summed E-state index contributed by atoms with van der Waals surface area (Å²) in [5.41, 5.74) is 0.598. The van der Waals surface area contributed by atoms with Gasteiger partial charge in [0.05, 0.1) is 6.10 Å². The van der Waals surface area contributed by atoms with Crippen LogP contribution in [-0.2, 0) is 4.79 Å². The van der Waals surface area contributed by atoms with Crippen LogP contribution in [0.4, 0.5) is 0 Å². The zero-order valence-electron chi connectivity index (χ0n) is 13.4. The fraction of sp³-hybridized carbons (Fsp3) is 0.947. The Bertz CT molecular complexity index is 528. The summed E-state index contributed by atoms with van der Waals surface area (Å²) >= 11 is 0. The smallest absolute Gasteiger partial charge is 0.139 e. The van der Waals surface area contributed by atoms with Crippen molar-refractivity contribution in [1.82, 2.24) is 0 Å². The highest BCUT2D eigenvalue weighted by Gasteiger charge is 2.77. The van der Waals surface area contributed by atoms with Gasteiger partial charge in [0, 0.05) is 17.3 Å². The number of rotatable bonds is 0. The normalized spacial score (nSPS) is 64.5. The van der Waals surface area contributed by atoms with Crippen LogP contribution < -0.4 is 0 Å². The van der Waals surface area contributed by atoms with Crippen LogP contribution >= 0.6 is 0 Å². The van der Waals surface area contributed by atoms with Gasteiger partial charge in [-0.25, -0.2) is 0 Å². The fourth-order valence-electron chi connectivity index (χ4n) is 8.08. The minimum absolute atomic E-state index is 0.0523. The lowest BCUT2D eigenvalue weighted by Crippen LogP contribution is -2.56. The van der Waals surface area contributed by atoms with Crippen LogP contribution in [0.25, 0.3) is 0 Å². The summed E-state index contributed by atoms with van der Waals surface area (Å²) in [6, 6.07) is 0. The average molecular weight is 288 g/mol. The molecule has 0 aromatic carbocycles. The lowest BCUT2D eigenvalue weighted by atomic mass is 9.46. The summed E-state index contributed by atoms with van der Waals surface area (Å²) in [5.74, 6) is 3.28. The molecule has 0 aromatic rings. The largest absolute Gasteiger partial charge is 0.393 e. The van der Waals surface area contributed by atoms with E-state index in [0.29, 0.717) is 23.0 Å². The van der Waals surface area contributed by atoms with Crippen molar-refractivity contribution in [3.8, 4) is 0 Å². The highest BCUT2D eigenvalue weighted by atomic mass is 16.3. The number of aliphatic hydroxyl groups is 1. The second kappa shape index (κ2) is 3.58. The Labute approximate surface area is 127 Å². The minimum Gasteiger partial charge on any atom is -0.393 e. The van der Waals surface area contributed by atoms with Crippen LogP contribution in [0.15, 0.2) is 0 Å². The average Bonchev–Trinajstić information content (AvgIpc) is 3.01. The van der Waals surface area contributed by atoms with Crippen molar-refractivity contribution in [2.75, 3.05) is 0 Å². The van der Waals surface area contributed by atoms with E-state index in [1.54, 1.807) is 0 Å². The maximum atomic E-state index is 12.4. The Morgan fingerprint density at radius 1 is 1.10 bits per heavy atom. The number of carbonyl (C=O) groups excluding carboxylic acids is 1. The molecule has 5 aliphatic carbocycles. The van der Waals surface area contributed by atoms with Gasteiger partial charge in [-0.2, -0.15) is 0 Å². The fourth-order valence-corrected chi connectivity index (χ4v) is 8.08. The number of hydrogen-bond acceptors (Lipinski definition) is 2. The first kappa shape index (κ1) is 13.1. The molecule has 5 aliphatic rings. The maximum absolute atomic E-state index is 12.4.